The van der Waals surface area contributed by atoms with Crippen LogP contribution in [0.15, 0.2) is 71.3 Å². The number of carbonyl (C=O) groups excluding carboxylic acids is 1. The summed E-state index contributed by atoms with van der Waals surface area (Å²) in [6.45, 7) is 0.493. The van der Waals surface area contributed by atoms with Crippen molar-refractivity contribution in [1.82, 2.24) is 25.3 Å². The fourth-order valence-electron chi connectivity index (χ4n) is 3.20. The molecule has 1 amide bonds. The summed E-state index contributed by atoms with van der Waals surface area (Å²) in [6, 6.07) is 20.4. The smallest absolute Gasteiger partial charge is 0.223 e. The minimum absolute atomic E-state index is 0.0147. The van der Waals surface area contributed by atoms with Crippen LogP contribution in [0.5, 0.6) is 0 Å². The lowest BCUT2D eigenvalue weighted by atomic mass is 10.0. The number of aromatic nitrogens is 4. The Kier molecular flexibility index (Phi) is 5.98. The maximum absolute atomic E-state index is 12.3. The first-order chi connectivity index (χ1) is 14.7. The molecule has 0 aliphatic carbocycles. The summed E-state index contributed by atoms with van der Waals surface area (Å²) in [5.41, 5.74) is 4.35. The fourth-order valence-corrected chi connectivity index (χ4v) is 3.20. The minimum Gasteiger partial charge on any atom is -0.425 e. The van der Waals surface area contributed by atoms with Gasteiger partial charge in [-0.25, -0.2) is 0 Å². The van der Waals surface area contributed by atoms with Crippen molar-refractivity contribution in [2.45, 2.75) is 25.8 Å². The van der Waals surface area contributed by atoms with Gasteiger partial charge in [0.25, 0.3) is 0 Å². The van der Waals surface area contributed by atoms with E-state index in [9.17, 15) is 4.79 Å². The van der Waals surface area contributed by atoms with Crippen LogP contribution in [0.2, 0.25) is 0 Å². The second-order valence-electron chi connectivity index (χ2n) is 7.16. The number of aromatic amines is 1. The number of hydrogen-bond donors (Lipinski definition) is 1. The zero-order valence-corrected chi connectivity index (χ0v) is 16.8. The predicted octanol–water partition coefficient (Wildman–Crippen LogP) is 3.64. The van der Waals surface area contributed by atoms with E-state index >= 15 is 0 Å². The molecule has 0 saturated heterocycles. The largest absolute Gasteiger partial charge is 0.425 e. The Morgan fingerprint density at radius 3 is 2.43 bits per heavy atom. The van der Waals surface area contributed by atoms with Crippen LogP contribution < -0.4 is 0 Å². The van der Waals surface area contributed by atoms with Gasteiger partial charge in [0, 0.05) is 26.1 Å². The molecule has 0 aliphatic heterocycles. The lowest BCUT2D eigenvalue weighted by Gasteiger charge is -2.15. The maximum Gasteiger partial charge on any atom is 0.223 e. The average Bonchev–Trinajstić information content (AvgIpc) is 3.45. The Morgan fingerprint density at radius 1 is 0.967 bits per heavy atom. The van der Waals surface area contributed by atoms with E-state index in [0.29, 0.717) is 37.6 Å². The van der Waals surface area contributed by atoms with E-state index in [2.05, 4.69) is 56.8 Å². The Bertz CT molecular complexity index is 1070. The van der Waals surface area contributed by atoms with Crippen molar-refractivity contribution in [2.24, 2.45) is 0 Å². The van der Waals surface area contributed by atoms with Crippen molar-refractivity contribution < 1.29 is 9.21 Å². The molecule has 1 N–H and O–H groups in total. The SMILES string of the molecule is CN(Cc1ccn[nH]1)C(=O)CCc1nnc(Cc2ccc(-c3ccccc3)cc2)o1. The highest BCUT2D eigenvalue weighted by Gasteiger charge is 2.13. The second kappa shape index (κ2) is 9.17. The van der Waals surface area contributed by atoms with Crippen molar-refractivity contribution in [3.05, 3.63) is 89.9 Å². The molecule has 0 saturated carbocycles. The normalized spacial score (nSPS) is 10.8. The maximum atomic E-state index is 12.3. The van der Waals surface area contributed by atoms with Gasteiger partial charge in [0.15, 0.2) is 0 Å². The Hall–Kier alpha value is -3.74. The molecular formula is C23H23N5O2. The van der Waals surface area contributed by atoms with Crippen molar-refractivity contribution in [1.29, 1.82) is 0 Å². The van der Waals surface area contributed by atoms with Crippen LogP contribution in [-0.2, 0) is 24.2 Å². The molecule has 2 aromatic heterocycles. The van der Waals surface area contributed by atoms with Crippen molar-refractivity contribution in [3.63, 3.8) is 0 Å². The molecule has 2 heterocycles. The van der Waals surface area contributed by atoms with Crippen molar-refractivity contribution in [3.8, 4) is 11.1 Å². The molecular weight excluding hydrogens is 378 g/mol. The molecule has 152 valence electrons. The molecule has 0 fully saturated rings. The summed E-state index contributed by atoms with van der Waals surface area (Å²) in [5.74, 6) is 1.05. The molecule has 0 unspecified atom stereocenters. The second-order valence-corrected chi connectivity index (χ2v) is 7.16. The van der Waals surface area contributed by atoms with Crippen LogP contribution in [-0.4, -0.2) is 38.2 Å². The van der Waals surface area contributed by atoms with E-state index in [0.717, 1.165) is 11.3 Å². The molecule has 0 radical (unpaired) electrons. The van der Waals surface area contributed by atoms with Gasteiger partial charge in [0.1, 0.15) is 0 Å². The summed E-state index contributed by atoms with van der Waals surface area (Å²) in [6.07, 6.45) is 2.97. The van der Waals surface area contributed by atoms with E-state index in [1.165, 1.54) is 11.1 Å². The Labute approximate surface area is 174 Å². The number of aryl methyl sites for hydroxylation is 1. The van der Waals surface area contributed by atoms with Crippen LogP contribution in [0.25, 0.3) is 11.1 Å². The summed E-state index contributed by atoms with van der Waals surface area (Å²) < 4.78 is 5.73. The third kappa shape index (κ3) is 5.00. The number of nitrogens with one attached hydrogen (secondary N) is 1. The van der Waals surface area contributed by atoms with Gasteiger partial charge in [0.05, 0.1) is 18.7 Å². The van der Waals surface area contributed by atoms with E-state index < -0.39 is 0 Å². The summed E-state index contributed by atoms with van der Waals surface area (Å²) in [5, 5.41) is 14.9. The fraction of sp³-hybridized carbons (Fsp3) is 0.217. The van der Waals surface area contributed by atoms with E-state index in [4.69, 9.17) is 4.42 Å². The number of amides is 1. The first-order valence-corrected chi connectivity index (χ1v) is 9.85. The van der Waals surface area contributed by atoms with Crippen molar-refractivity contribution >= 4 is 5.91 Å². The van der Waals surface area contributed by atoms with Gasteiger partial charge in [-0.3, -0.25) is 9.89 Å². The van der Waals surface area contributed by atoms with Crippen LogP contribution >= 0.6 is 0 Å². The molecule has 0 spiro atoms. The monoisotopic (exact) mass is 401 g/mol. The van der Waals surface area contributed by atoms with Gasteiger partial charge >= 0.3 is 0 Å². The van der Waals surface area contributed by atoms with Gasteiger partial charge in [-0.15, -0.1) is 10.2 Å². The lowest BCUT2D eigenvalue weighted by Crippen LogP contribution is -2.26. The van der Waals surface area contributed by atoms with E-state index in [-0.39, 0.29) is 5.91 Å². The minimum atomic E-state index is 0.0147. The lowest BCUT2D eigenvalue weighted by molar-refractivity contribution is -0.130. The van der Waals surface area contributed by atoms with Crippen LogP contribution in [0.3, 0.4) is 0 Å². The van der Waals surface area contributed by atoms with Crippen LogP contribution in [0, 0.1) is 0 Å². The zero-order valence-electron chi connectivity index (χ0n) is 16.8. The topological polar surface area (TPSA) is 87.9 Å². The number of carbonyl (C=O) groups is 1. The quantitative estimate of drug-likeness (QED) is 0.487. The van der Waals surface area contributed by atoms with Gasteiger partial charge in [-0.05, 0) is 22.8 Å². The summed E-state index contributed by atoms with van der Waals surface area (Å²) in [4.78, 5) is 13.9. The van der Waals surface area contributed by atoms with Gasteiger partial charge < -0.3 is 9.32 Å². The molecule has 0 bridgehead atoms. The third-order valence-electron chi connectivity index (χ3n) is 4.87. The van der Waals surface area contributed by atoms with Gasteiger partial charge in [-0.2, -0.15) is 5.10 Å². The molecule has 4 rings (SSSR count). The molecule has 4 aromatic rings. The molecule has 7 heteroatoms. The first kappa shape index (κ1) is 19.6. The summed E-state index contributed by atoms with van der Waals surface area (Å²) >= 11 is 0. The Morgan fingerprint density at radius 2 is 1.70 bits per heavy atom. The van der Waals surface area contributed by atoms with Crippen LogP contribution in [0.1, 0.15) is 29.5 Å². The van der Waals surface area contributed by atoms with Gasteiger partial charge in [-0.1, -0.05) is 54.6 Å². The van der Waals surface area contributed by atoms with E-state index in [1.54, 1.807) is 18.1 Å². The van der Waals surface area contributed by atoms with Crippen molar-refractivity contribution in [2.75, 3.05) is 7.05 Å². The number of benzene rings is 2. The highest BCUT2D eigenvalue weighted by molar-refractivity contribution is 5.75. The molecule has 7 nitrogen and oxygen atoms in total. The standard InChI is InChI=1S/C23H23N5O2/c1-28(16-20-13-14-24-25-20)23(29)12-11-21-26-27-22(30-21)15-17-7-9-19(10-8-17)18-5-3-2-4-6-18/h2-10,13-14H,11-12,15-16H2,1H3,(H,24,25). The molecule has 0 aliphatic rings. The highest BCUT2D eigenvalue weighted by Crippen LogP contribution is 2.20. The Balaban J connectivity index is 1.29. The first-order valence-electron chi connectivity index (χ1n) is 9.85. The van der Waals surface area contributed by atoms with Gasteiger partial charge in [0.2, 0.25) is 17.7 Å². The number of nitrogens with zero attached hydrogens (tertiary/aromatic N) is 4. The average molecular weight is 401 g/mol. The molecule has 30 heavy (non-hydrogen) atoms. The number of hydrogen-bond acceptors (Lipinski definition) is 5. The van der Waals surface area contributed by atoms with E-state index in [1.807, 2.05) is 24.3 Å². The highest BCUT2D eigenvalue weighted by atomic mass is 16.4. The zero-order chi connectivity index (χ0) is 20.8. The third-order valence-corrected chi connectivity index (χ3v) is 4.87. The predicted molar refractivity (Wildman–Crippen MR) is 112 cm³/mol. The molecule has 2 aromatic carbocycles. The molecule has 0 atom stereocenters. The summed E-state index contributed by atoms with van der Waals surface area (Å²) in [7, 11) is 1.77. The number of H-pyrrole nitrogens is 1. The van der Waals surface area contributed by atoms with Crippen LogP contribution in [0.4, 0.5) is 0 Å². The number of rotatable bonds is 8.